The Balaban J connectivity index is 1.89. The minimum atomic E-state index is -0.512. The number of fused-ring (bicyclic) bond motifs is 1. The summed E-state index contributed by atoms with van der Waals surface area (Å²) in [5, 5.41) is 0. The van der Waals surface area contributed by atoms with Crippen LogP contribution in [0.3, 0.4) is 0 Å². The Bertz CT molecular complexity index is 666. The van der Waals surface area contributed by atoms with Gasteiger partial charge >= 0.3 is 6.09 Å². The molecule has 5 heteroatoms. The maximum absolute atomic E-state index is 12.4. The molecule has 2 aliphatic rings. The fraction of sp³-hybridized carbons (Fsp3) is 0.611. The summed E-state index contributed by atoms with van der Waals surface area (Å²) in [7, 11) is 0. The molecule has 122 valence electrons. The van der Waals surface area contributed by atoms with Crippen LogP contribution in [0.2, 0.25) is 0 Å². The first-order chi connectivity index (χ1) is 10.8. The number of hydrogen-bond acceptors (Lipinski definition) is 3. The van der Waals surface area contributed by atoms with Crippen LogP contribution in [0.1, 0.15) is 57.8 Å². The van der Waals surface area contributed by atoms with Crippen LogP contribution < -0.4 is 4.90 Å². The zero-order chi connectivity index (χ0) is 16.7. The Morgan fingerprint density at radius 1 is 1.35 bits per heavy atom. The van der Waals surface area contributed by atoms with E-state index in [-0.39, 0.29) is 6.09 Å². The maximum atomic E-state index is 12.4. The van der Waals surface area contributed by atoms with E-state index < -0.39 is 11.1 Å². The van der Waals surface area contributed by atoms with Gasteiger partial charge in [-0.15, -0.1) is 0 Å². The average Bonchev–Trinajstić information content (AvgIpc) is 2.44. The Labute approximate surface area is 137 Å². The average molecular weight is 313 g/mol. The smallest absolute Gasteiger partial charge is 0.414 e. The van der Waals surface area contributed by atoms with Crippen molar-refractivity contribution in [2.75, 3.05) is 11.4 Å². The number of nitrogens with zero attached hydrogens (tertiary/aromatic N) is 3. The van der Waals surface area contributed by atoms with Gasteiger partial charge < -0.3 is 9.58 Å². The second kappa shape index (κ2) is 5.52. The molecule has 0 atom stereocenters. The molecular formula is C18H23N3O2. The van der Waals surface area contributed by atoms with Crippen LogP contribution >= 0.6 is 0 Å². The van der Waals surface area contributed by atoms with Crippen LogP contribution in [0.15, 0.2) is 12.1 Å². The number of carbonyl (C=O) groups is 1. The number of ether oxygens (including phenoxy) is 1. The number of aromatic nitrogens is 1. The Hall–Kier alpha value is -2.09. The molecule has 1 amide bonds. The normalized spacial score (nSPS) is 19.3. The highest BCUT2D eigenvalue weighted by molar-refractivity contribution is 5.89. The summed E-state index contributed by atoms with van der Waals surface area (Å²) < 4.78 is 5.50. The molecule has 1 aliphatic carbocycles. The van der Waals surface area contributed by atoms with E-state index in [1.165, 1.54) is 0 Å². The van der Waals surface area contributed by atoms with E-state index in [2.05, 4.69) is 4.85 Å². The van der Waals surface area contributed by atoms with Crippen molar-refractivity contribution in [3.8, 4) is 0 Å². The molecule has 1 fully saturated rings. The Kier molecular flexibility index (Phi) is 3.79. The largest absolute Gasteiger partial charge is 0.443 e. The molecule has 1 aromatic rings. The lowest BCUT2D eigenvalue weighted by Crippen LogP contribution is -2.40. The monoisotopic (exact) mass is 313 g/mol. The summed E-state index contributed by atoms with van der Waals surface area (Å²) in [6.07, 6.45) is 4.25. The molecule has 2 heterocycles. The van der Waals surface area contributed by atoms with Crippen molar-refractivity contribution in [1.82, 2.24) is 4.98 Å². The highest BCUT2D eigenvalue weighted by Crippen LogP contribution is 2.45. The second-order valence-electron chi connectivity index (χ2n) is 7.39. The summed E-state index contributed by atoms with van der Waals surface area (Å²) in [6.45, 7) is 13.7. The number of hydrogen-bond donors (Lipinski definition) is 0. The van der Waals surface area contributed by atoms with Crippen LogP contribution in [0.4, 0.5) is 10.5 Å². The van der Waals surface area contributed by atoms with Crippen molar-refractivity contribution in [1.29, 1.82) is 0 Å². The van der Waals surface area contributed by atoms with Crippen LogP contribution in [0, 0.1) is 6.57 Å². The van der Waals surface area contributed by atoms with Crippen molar-refractivity contribution >= 4 is 11.8 Å². The number of rotatable bonds is 1. The van der Waals surface area contributed by atoms with E-state index in [9.17, 15) is 4.79 Å². The molecule has 5 nitrogen and oxygen atoms in total. The first-order valence-corrected chi connectivity index (χ1v) is 8.24. The molecule has 1 aliphatic heterocycles. The number of amides is 1. The summed E-state index contributed by atoms with van der Waals surface area (Å²) in [6, 6.07) is 3.85. The summed E-state index contributed by atoms with van der Waals surface area (Å²) in [5.74, 6) is 0. The number of pyridine rings is 1. The summed E-state index contributed by atoms with van der Waals surface area (Å²) in [4.78, 5) is 22.7. The third-order valence-electron chi connectivity index (χ3n) is 4.52. The molecule has 0 spiro atoms. The molecule has 0 unspecified atom stereocenters. The standard InChI is InChI=1S/C18H23N3O2/c1-17(2,3)23-16(22)21-12-5-7-13-14(21)8-9-15(20-13)18(19-4)10-6-11-18/h8-9H,5-7,10-12H2,1-3H3. The van der Waals surface area contributed by atoms with Gasteiger partial charge in [-0.05, 0) is 52.2 Å². The molecule has 0 N–H and O–H groups in total. The molecule has 0 saturated heterocycles. The van der Waals surface area contributed by atoms with Crippen molar-refractivity contribution < 1.29 is 9.53 Å². The zero-order valence-corrected chi connectivity index (χ0v) is 14.1. The fourth-order valence-corrected chi connectivity index (χ4v) is 3.15. The van der Waals surface area contributed by atoms with Gasteiger partial charge in [-0.2, -0.15) is 0 Å². The zero-order valence-electron chi connectivity index (χ0n) is 14.1. The van der Waals surface area contributed by atoms with Gasteiger partial charge in [0.05, 0.1) is 11.4 Å². The SMILES string of the molecule is [C-]#[N+]C1(c2ccc3c(n2)CCCN3C(=O)OC(C)(C)C)CCC1. The summed E-state index contributed by atoms with van der Waals surface area (Å²) in [5.41, 5.74) is 1.66. The molecule has 0 bridgehead atoms. The van der Waals surface area contributed by atoms with Gasteiger partial charge in [0.1, 0.15) is 11.3 Å². The molecule has 0 radical (unpaired) electrons. The Morgan fingerprint density at radius 2 is 2.09 bits per heavy atom. The predicted octanol–water partition coefficient (Wildman–Crippen LogP) is 4.07. The highest BCUT2D eigenvalue weighted by atomic mass is 16.6. The summed E-state index contributed by atoms with van der Waals surface area (Å²) >= 11 is 0. The van der Waals surface area contributed by atoms with E-state index in [1.54, 1.807) is 4.90 Å². The van der Waals surface area contributed by atoms with Crippen LogP contribution in [-0.2, 0) is 16.7 Å². The van der Waals surface area contributed by atoms with E-state index >= 15 is 0 Å². The highest BCUT2D eigenvalue weighted by Gasteiger charge is 2.47. The number of carbonyl (C=O) groups excluding carboxylic acids is 1. The molecule has 0 aromatic carbocycles. The molecule has 1 aromatic heterocycles. The van der Waals surface area contributed by atoms with Crippen molar-refractivity contribution in [2.45, 2.75) is 64.0 Å². The van der Waals surface area contributed by atoms with Crippen molar-refractivity contribution in [3.63, 3.8) is 0 Å². The number of anilines is 1. The minimum Gasteiger partial charge on any atom is -0.443 e. The predicted molar refractivity (Wildman–Crippen MR) is 88.3 cm³/mol. The van der Waals surface area contributed by atoms with Gasteiger partial charge in [0.15, 0.2) is 0 Å². The van der Waals surface area contributed by atoms with Gasteiger partial charge in [-0.3, -0.25) is 4.90 Å². The first-order valence-electron chi connectivity index (χ1n) is 8.24. The fourth-order valence-electron chi connectivity index (χ4n) is 3.15. The lowest BCUT2D eigenvalue weighted by Gasteiger charge is -2.33. The van der Waals surface area contributed by atoms with Gasteiger partial charge in [-0.25, -0.2) is 16.4 Å². The lowest BCUT2D eigenvalue weighted by molar-refractivity contribution is 0.0577. The topological polar surface area (TPSA) is 46.8 Å². The first kappa shape index (κ1) is 15.8. The third-order valence-corrected chi connectivity index (χ3v) is 4.52. The quantitative estimate of drug-likeness (QED) is 0.734. The van der Waals surface area contributed by atoms with Crippen molar-refractivity contribution in [2.24, 2.45) is 0 Å². The minimum absolute atomic E-state index is 0.323. The van der Waals surface area contributed by atoms with Gasteiger partial charge in [0.2, 0.25) is 0 Å². The van der Waals surface area contributed by atoms with E-state index in [0.717, 1.165) is 49.2 Å². The van der Waals surface area contributed by atoms with E-state index in [0.29, 0.717) is 6.54 Å². The number of aryl methyl sites for hydroxylation is 1. The van der Waals surface area contributed by atoms with Gasteiger partial charge in [0.25, 0.3) is 5.54 Å². The van der Waals surface area contributed by atoms with E-state index in [4.69, 9.17) is 16.3 Å². The third kappa shape index (κ3) is 2.90. The van der Waals surface area contributed by atoms with Crippen LogP contribution in [0.5, 0.6) is 0 Å². The van der Waals surface area contributed by atoms with Gasteiger partial charge in [-0.1, -0.05) is 0 Å². The van der Waals surface area contributed by atoms with Crippen LogP contribution in [0.25, 0.3) is 4.85 Å². The van der Waals surface area contributed by atoms with E-state index in [1.807, 2.05) is 32.9 Å². The molecular weight excluding hydrogens is 290 g/mol. The molecule has 1 saturated carbocycles. The Morgan fingerprint density at radius 3 is 2.65 bits per heavy atom. The van der Waals surface area contributed by atoms with Crippen LogP contribution in [-0.4, -0.2) is 23.2 Å². The molecule has 3 rings (SSSR count). The van der Waals surface area contributed by atoms with Crippen molar-refractivity contribution in [3.05, 3.63) is 34.9 Å². The lowest BCUT2D eigenvalue weighted by atomic mass is 9.74. The molecule has 23 heavy (non-hydrogen) atoms. The second-order valence-corrected chi connectivity index (χ2v) is 7.39. The van der Waals surface area contributed by atoms with Gasteiger partial charge in [0, 0.05) is 19.4 Å². The maximum Gasteiger partial charge on any atom is 0.414 e.